The smallest absolute Gasteiger partial charge is 0.377 e. The minimum Gasteiger partial charge on any atom is -0.377 e. The lowest BCUT2D eigenvalue weighted by molar-refractivity contribution is -0.167. The van der Waals surface area contributed by atoms with Crippen molar-refractivity contribution in [2.75, 3.05) is 0 Å². The molecular formula is C12H20N2O3. The quantitative estimate of drug-likeness (QED) is 0.431. The third-order valence-electron chi connectivity index (χ3n) is 2.78. The first kappa shape index (κ1) is 13.7. The molecule has 0 saturated heterocycles. The maximum atomic E-state index is 11.8. The summed E-state index contributed by atoms with van der Waals surface area (Å²) in [6.07, 6.45) is 1.21. The highest BCUT2D eigenvalue weighted by molar-refractivity contribution is 5.94. The molecule has 0 bridgehead atoms. The molecule has 0 N–H and O–H groups in total. The third kappa shape index (κ3) is 3.28. The zero-order chi connectivity index (χ0) is 13.1. The van der Waals surface area contributed by atoms with E-state index >= 15 is 0 Å². The van der Waals surface area contributed by atoms with Crippen molar-refractivity contribution in [2.24, 2.45) is 16.2 Å². The highest BCUT2D eigenvalue weighted by atomic mass is 16.7. The number of carbonyl (C=O) groups is 1. The summed E-state index contributed by atoms with van der Waals surface area (Å²) in [5, 5.41) is 7.66. The maximum absolute atomic E-state index is 11.8. The Hall–Kier alpha value is -1.39. The van der Waals surface area contributed by atoms with E-state index in [-0.39, 0.29) is 5.92 Å². The van der Waals surface area contributed by atoms with Crippen LogP contribution in [0.25, 0.3) is 0 Å². The van der Waals surface area contributed by atoms with E-state index in [1.54, 1.807) is 13.8 Å². The first-order valence-corrected chi connectivity index (χ1v) is 5.89. The zero-order valence-corrected chi connectivity index (χ0v) is 11.1. The van der Waals surface area contributed by atoms with E-state index in [9.17, 15) is 4.79 Å². The second-order valence-corrected chi connectivity index (χ2v) is 4.80. The van der Waals surface area contributed by atoms with Gasteiger partial charge in [-0.15, -0.1) is 0 Å². The van der Waals surface area contributed by atoms with Gasteiger partial charge in [0.1, 0.15) is 0 Å². The second kappa shape index (κ2) is 5.29. The molecule has 0 fully saturated rings. The van der Waals surface area contributed by atoms with Crippen molar-refractivity contribution >= 4 is 17.4 Å². The van der Waals surface area contributed by atoms with Gasteiger partial charge in [0.25, 0.3) is 0 Å². The second-order valence-electron chi connectivity index (χ2n) is 4.80. The number of hydrogen-bond donors (Lipinski definition) is 0. The van der Waals surface area contributed by atoms with E-state index in [2.05, 4.69) is 10.3 Å². The molecule has 1 aliphatic rings. The molecule has 5 heteroatoms. The predicted molar refractivity (Wildman–Crippen MR) is 65.9 cm³/mol. The van der Waals surface area contributed by atoms with Crippen LogP contribution >= 0.6 is 0 Å². The Morgan fingerprint density at radius 3 is 2.76 bits per heavy atom. The van der Waals surface area contributed by atoms with Crippen LogP contribution in [-0.4, -0.2) is 23.0 Å². The highest BCUT2D eigenvalue weighted by Crippen LogP contribution is 2.27. The minimum atomic E-state index is -1.03. The van der Waals surface area contributed by atoms with Crippen molar-refractivity contribution < 1.29 is 14.5 Å². The average molecular weight is 240 g/mol. The molecule has 0 amide bonds. The van der Waals surface area contributed by atoms with Gasteiger partial charge in [0.15, 0.2) is 0 Å². The summed E-state index contributed by atoms with van der Waals surface area (Å²) in [7, 11) is 0. The summed E-state index contributed by atoms with van der Waals surface area (Å²) in [5.74, 6) is -0.227. The third-order valence-corrected chi connectivity index (χ3v) is 2.78. The summed E-state index contributed by atoms with van der Waals surface area (Å²) in [6.45, 7) is 9.45. The minimum absolute atomic E-state index is 0.269. The molecular weight excluding hydrogens is 220 g/mol. The Morgan fingerprint density at radius 2 is 2.29 bits per heavy atom. The van der Waals surface area contributed by atoms with E-state index in [1.165, 1.54) is 0 Å². The van der Waals surface area contributed by atoms with E-state index in [1.807, 2.05) is 20.8 Å². The van der Waals surface area contributed by atoms with Crippen LogP contribution in [0.15, 0.2) is 10.3 Å². The van der Waals surface area contributed by atoms with Crippen LogP contribution < -0.4 is 0 Å². The lowest BCUT2D eigenvalue weighted by atomic mass is 9.94. The van der Waals surface area contributed by atoms with Gasteiger partial charge in [-0.25, -0.2) is 4.79 Å². The summed E-state index contributed by atoms with van der Waals surface area (Å²) in [4.78, 5) is 21.9. The van der Waals surface area contributed by atoms with Crippen LogP contribution in [0, 0.1) is 5.92 Å². The fourth-order valence-corrected chi connectivity index (χ4v) is 1.27. The van der Waals surface area contributed by atoms with Crippen molar-refractivity contribution in [1.29, 1.82) is 0 Å². The number of carbonyl (C=O) groups excluding carboxylic acids is 1. The van der Waals surface area contributed by atoms with Gasteiger partial charge in [-0.05, 0) is 26.2 Å². The number of rotatable bonds is 4. The molecule has 5 nitrogen and oxygen atoms in total. The van der Waals surface area contributed by atoms with Gasteiger partial charge in [-0.1, -0.05) is 31.1 Å². The van der Waals surface area contributed by atoms with Gasteiger partial charge < -0.3 is 9.68 Å². The topological polar surface area (TPSA) is 60.2 Å². The Balaban J connectivity index is 2.60. The van der Waals surface area contributed by atoms with Gasteiger partial charge in [0.05, 0.1) is 11.4 Å². The molecule has 17 heavy (non-hydrogen) atoms. The summed E-state index contributed by atoms with van der Waals surface area (Å²) in [5.41, 5.74) is 0.613. The van der Waals surface area contributed by atoms with Gasteiger partial charge in [0.2, 0.25) is 5.60 Å². The monoisotopic (exact) mass is 240 g/mol. The van der Waals surface area contributed by atoms with Crippen LogP contribution in [0.2, 0.25) is 0 Å². The van der Waals surface area contributed by atoms with Gasteiger partial charge in [-0.3, -0.25) is 0 Å². The van der Waals surface area contributed by atoms with E-state index in [0.29, 0.717) is 6.42 Å². The number of nitrogens with zero attached hydrogens (tertiary/aromatic N) is 2. The number of oxime groups is 2. The number of hydrogen-bond acceptors (Lipinski definition) is 5. The molecule has 0 saturated carbocycles. The van der Waals surface area contributed by atoms with E-state index in [4.69, 9.17) is 9.68 Å². The standard InChI is InChI=1S/C12H20N2O3/c1-6-9(4)13-16-11(15)12(5)7-10(8(2)3)14-17-12/h8H,6-7H2,1-5H3/b13-9+. The zero-order valence-electron chi connectivity index (χ0n) is 11.1. The molecule has 1 rings (SSSR count). The average Bonchev–Trinajstić information content (AvgIpc) is 2.69. The van der Waals surface area contributed by atoms with Crippen LogP contribution in [0.5, 0.6) is 0 Å². The van der Waals surface area contributed by atoms with Crippen molar-refractivity contribution in [1.82, 2.24) is 0 Å². The fraction of sp³-hybridized carbons (Fsp3) is 0.750. The Labute approximate surface area is 102 Å². The van der Waals surface area contributed by atoms with Crippen LogP contribution in [0.4, 0.5) is 0 Å². The lowest BCUT2D eigenvalue weighted by Gasteiger charge is -2.17. The molecule has 0 aromatic rings. The first-order chi connectivity index (χ1) is 7.89. The Bertz CT molecular complexity index is 361. The Kier molecular flexibility index (Phi) is 4.26. The van der Waals surface area contributed by atoms with E-state index in [0.717, 1.165) is 17.8 Å². The van der Waals surface area contributed by atoms with Gasteiger partial charge in [0, 0.05) is 6.42 Å². The predicted octanol–water partition coefficient (Wildman–Crippen LogP) is 2.51. The first-order valence-electron chi connectivity index (χ1n) is 5.89. The normalized spacial score (nSPS) is 24.6. The molecule has 0 radical (unpaired) electrons. The molecule has 0 aliphatic carbocycles. The summed E-state index contributed by atoms with van der Waals surface area (Å²) in [6, 6.07) is 0. The fourth-order valence-electron chi connectivity index (χ4n) is 1.27. The maximum Gasteiger partial charge on any atom is 0.381 e. The molecule has 1 atom stereocenters. The van der Waals surface area contributed by atoms with Crippen LogP contribution in [0.1, 0.15) is 47.5 Å². The van der Waals surface area contributed by atoms with E-state index < -0.39 is 11.6 Å². The summed E-state index contributed by atoms with van der Waals surface area (Å²) < 4.78 is 0. The summed E-state index contributed by atoms with van der Waals surface area (Å²) >= 11 is 0. The molecule has 0 aromatic carbocycles. The van der Waals surface area contributed by atoms with Crippen LogP contribution in [0.3, 0.4) is 0 Å². The molecule has 1 unspecified atom stereocenters. The highest BCUT2D eigenvalue weighted by Gasteiger charge is 2.44. The van der Waals surface area contributed by atoms with Crippen molar-refractivity contribution in [3.8, 4) is 0 Å². The largest absolute Gasteiger partial charge is 0.381 e. The molecule has 0 aromatic heterocycles. The Morgan fingerprint density at radius 1 is 1.65 bits per heavy atom. The van der Waals surface area contributed by atoms with Crippen molar-refractivity contribution in [3.05, 3.63) is 0 Å². The lowest BCUT2D eigenvalue weighted by Crippen LogP contribution is -2.36. The molecule has 1 heterocycles. The molecule has 96 valence electrons. The van der Waals surface area contributed by atoms with Crippen molar-refractivity contribution in [2.45, 2.75) is 53.1 Å². The SMILES string of the molecule is CC/C(C)=N/OC(=O)C1(C)CC(C(C)C)=NO1. The molecule has 0 spiro atoms. The van der Waals surface area contributed by atoms with Crippen molar-refractivity contribution in [3.63, 3.8) is 0 Å². The van der Waals surface area contributed by atoms with Gasteiger partial charge >= 0.3 is 5.97 Å². The molecule has 1 aliphatic heterocycles. The van der Waals surface area contributed by atoms with Crippen LogP contribution in [-0.2, 0) is 14.5 Å². The van der Waals surface area contributed by atoms with Gasteiger partial charge in [-0.2, -0.15) is 0 Å².